The number of aryl methyl sites for hydroxylation is 1. The van der Waals surface area contributed by atoms with Gasteiger partial charge >= 0.3 is 0 Å². The summed E-state index contributed by atoms with van der Waals surface area (Å²) in [5, 5.41) is 3.05. The zero-order chi connectivity index (χ0) is 18.8. The van der Waals surface area contributed by atoms with E-state index in [0.29, 0.717) is 18.9 Å². The van der Waals surface area contributed by atoms with Crippen molar-refractivity contribution in [2.75, 3.05) is 13.1 Å². The van der Waals surface area contributed by atoms with Gasteiger partial charge in [-0.25, -0.2) is 4.98 Å². The molecule has 3 heterocycles. The number of carbonyl (C=O) groups excluding carboxylic acids is 2. The molecular weight excluding hydrogens is 340 g/mol. The number of pyridine rings is 1. The third kappa shape index (κ3) is 3.99. The van der Waals surface area contributed by atoms with Crippen molar-refractivity contribution < 1.29 is 9.59 Å². The lowest BCUT2D eigenvalue weighted by Gasteiger charge is -2.27. The van der Waals surface area contributed by atoms with Crippen LogP contribution in [0.2, 0.25) is 0 Å². The second kappa shape index (κ2) is 7.71. The van der Waals surface area contributed by atoms with Crippen LogP contribution in [0.5, 0.6) is 0 Å². The van der Waals surface area contributed by atoms with Gasteiger partial charge in [-0.1, -0.05) is 25.3 Å². The summed E-state index contributed by atoms with van der Waals surface area (Å²) in [6.45, 7) is 3.52. The van der Waals surface area contributed by atoms with Crippen LogP contribution in [0.4, 0.5) is 0 Å². The number of fused-ring (bicyclic) bond motifs is 1. The Kier molecular flexibility index (Phi) is 5.14. The highest BCUT2D eigenvalue weighted by molar-refractivity contribution is 5.83. The summed E-state index contributed by atoms with van der Waals surface area (Å²) in [4.78, 5) is 31.2. The van der Waals surface area contributed by atoms with Crippen LogP contribution in [0.1, 0.15) is 49.8 Å². The maximum absolute atomic E-state index is 12.5. The predicted octanol–water partition coefficient (Wildman–Crippen LogP) is 2.48. The highest BCUT2D eigenvalue weighted by Gasteiger charge is 2.32. The van der Waals surface area contributed by atoms with Crippen molar-refractivity contribution in [1.82, 2.24) is 19.6 Å². The standard InChI is InChI=1S/C21H28N4O2/c1-15-6-5-9-25-18(12-22-21(15)25)11-19(26)23-17-10-20(27)24(14-17)13-16-7-3-2-4-8-16/h5-6,9,12,16-17H,2-4,7-8,10-11,13-14H2,1H3,(H,23,26)/t17-/m0/s1. The fourth-order valence-corrected chi connectivity index (χ4v) is 4.50. The Morgan fingerprint density at radius 2 is 2.11 bits per heavy atom. The van der Waals surface area contributed by atoms with Crippen molar-refractivity contribution in [1.29, 1.82) is 0 Å². The minimum Gasteiger partial charge on any atom is -0.351 e. The highest BCUT2D eigenvalue weighted by atomic mass is 16.2. The van der Waals surface area contributed by atoms with Crippen molar-refractivity contribution in [3.63, 3.8) is 0 Å². The molecule has 27 heavy (non-hydrogen) atoms. The van der Waals surface area contributed by atoms with Gasteiger partial charge in [-0.2, -0.15) is 0 Å². The van der Waals surface area contributed by atoms with Crippen LogP contribution < -0.4 is 5.32 Å². The van der Waals surface area contributed by atoms with E-state index in [4.69, 9.17) is 0 Å². The topological polar surface area (TPSA) is 66.7 Å². The first-order valence-corrected chi connectivity index (χ1v) is 10.1. The lowest BCUT2D eigenvalue weighted by molar-refractivity contribution is -0.128. The molecule has 0 spiro atoms. The van der Waals surface area contributed by atoms with Crippen LogP contribution in [-0.4, -0.2) is 45.2 Å². The lowest BCUT2D eigenvalue weighted by atomic mass is 9.89. The zero-order valence-electron chi connectivity index (χ0n) is 16.0. The molecule has 4 rings (SSSR count). The van der Waals surface area contributed by atoms with E-state index in [-0.39, 0.29) is 24.3 Å². The molecule has 1 aliphatic carbocycles. The Bertz CT molecular complexity index is 838. The first-order chi connectivity index (χ1) is 13.1. The molecule has 0 bridgehead atoms. The van der Waals surface area contributed by atoms with Crippen LogP contribution in [0.25, 0.3) is 5.65 Å². The van der Waals surface area contributed by atoms with E-state index in [1.807, 2.05) is 34.6 Å². The Balaban J connectivity index is 1.33. The van der Waals surface area contributed by atoms with Gasteiger partial charge in [0, 0.05) is 31.9 Å². The minimum atomic E-state index is -0.0745. The van der Waals surface area contributed by atoms with Gasteiger partial charge in [0.15, 0.2) is 0 Å². The fourth-order valence-electron chi connectivity index (χ4n) is 4.50. The molecule has 0 aromatic carbocycles. The van der Waals surface area contributed by atoms with E-state index in [1.165, 1.54) is 32.1 Å². The van der Waals surface area contributed by atoms with Crippen LogP contribution in [0, 0.1) is 12.8 Å². The third-order valence-corrected chi connectivity index (χ3v) is 5.93. The molecule has 1 N–H and O–H groups in total. The summed E-state index contributed by atoms with van der Waals surface area (Å²) in [6.07, 6.45) is 10.7. The smallest absolute Gasteiger partial charge is 0.226 e. The molecule has 1 atom stereocenters. The molecular formula is C21H28N4O2. The van der Waals surface area contributed by atoms with Crippen LogP contribution in [0.3, 0.4) is 0 Å². The lowest BCUT2D eigenvalue weighted by Crippen LogP contribution is -2.39. The summed E-state index contributed by atoms with van der Waals surface area (Å²) in [5.41, 5.74) is 2.84. The summed E-state index contributed by atoms with van der Waals surface area (Å²) < 4.78 is 1.96. The number of carbonyl (C=O) groups is 2. The summed E-state index contributed by atoms with van der Waals surface area (Å²) in [7, 11) is 0. The van der Waals surface area contributed by atoms with Gasteiger partial charge in [0.25, 0.3) is 0 Å². The molecule has 144 valence electrons. The van der Waals surface area contributed by atoms with E-state index in [9.17, 15) is 9.59 Å². The molecule has 6 heteroatoms. The first kappa shape index (κ1) is 18.0. The van der Waals surface area contributed by atoms with E-state index in [2.05, 4.69) is 10.3 Å². The van der Waals surface area contributed by atoms with Gasteiger partial charge in [0.2, 0.25) is 11.8 Å². The predicted molar refractivity (Wildman–Crippen MR) is 103 cm³/mol. The second-order valence-electron chi connectivity index (χ2n) is 8.08. The van der Waals surface area contributed by atoms with E-state index >= 15 is 0 Å². The number of rotatable bonds is 5. The van der Waals surface area contributed by atoms with Gasteiger partial charge < -0.3 is 14.6 Å². The molecule has 6 nitrogen and oxygen atoms in total. The van der Waals surface area contributed by atoms with Gasteiger partial charge in [0.1, 0.15) is 5.65 Å². The van der Waals surface area contributed by atoms with Crippen LogP contribution in [-0.2, 0) is 16.0 Å². The molecule has 1 saturated heterocycles. The fraction of sp³-hybridized carbons (Fsp3) is 0.571. The van der Waals surface area contributed by atoms with E-state index in [0.717, 1.165) is 23.4 Å². The molecule has 0 radical (unpaired) electrons. The number of hydrogen-bond donors (Lipinski definition) is 1. The largest absolute Gasteiger partial charge is 0.351 e. The average Bonchev–Trinajstić information content (AvgIpc) is 3.20. The Morgan fingerprint density at radius 3 is 2.93 bits per heavy atom. The van der Waals surface area contributed by atoms with Gasteiger partial charge in [-0.3, -0.25) is 9.59 Å². The number of nitrogens with one attached hydrogen (secondary N) is 1. The molecule has 2 amide bonds. The SMILES string of the molecule is Cc1cccn2c(CC(=O)N[C@H]3CC(=O)N(CC4CCCCC4)C3)cnc12. The van der Waals surface area contributed by atoms with Gasteiger partial charge in [0.05, 0.1) is 18.2 Å². The molecule has 2 fully saturated rings. The molecule has 0 unspecified atom stereocenters. The monoisotopic (exact) mass is 368 g/mol. The zero-order valence-corrected chi connectivity index (χ0v) is 16.0. The van der Waals surface area contributed by atoms with Gasteiger partial charge in [-0.05, 0) is 37.3 Å². The molecule has 2 aromatic heterocycles. The normalized spacial score (nSPS) is 21.1. The maximum Gasteiger partial charge on any atom is 0.226 e. The highest BCUT2D eigenvalue weighted by Crippen LogP contribution is 2.26. The summed E-state index contributed by atoms with van der Waals surface area (Å²) in [5.74, 6) is 0.769. The average molecular weight is 368 g/mol. The quantitative estimate of drug-likeness (QED) is 0.882. The summed E-state index contributed by atoms with van der Waals surface area (Å²) in [6, 6.07) is 3.90. The Labute approximate surface area is 159 Å². The number of nitrogens with zero attached hydrogens (tertiary/aromatic N) is 3. The number of likely N-dealkylation sites (tertiary alicyclic amines) is 1. The number of imidazole rings is 1. The van der Waals surface area contributed by atoms with E-state index in [1.54, 1.807) is 6.20 Å². The Morgan fingerprint density at radius 1 is 1.30 bits per heavy atom. The van der Waals surface area contributed by atoms with Crippen LogP contribution in [0.15, 0.2) is 24.5 Å². The van der Waals surface area contributed by atoms with Crippen molar-refractivity contribution >= 4 is 17.5 Å². The maximum atomic E-state index is 12.5. The minimum absolute atomic E-state index is 0.0457. The molecule has 1 saturated carbocycles. The Hall–Kier alpha value is -2.37. The van der Waals surface area contributed by atoms with Crippen LogP contribution >= 0.6 is 0 Å². The molecule has 2 aromatic rings. The number of hydrogen-bond acceptors (Lipinski definition) is 3. The van der Waals surface area contributed by atoms with E-state index < -0.39 is 0 Å². The first-order valence-electron chi connectivity index (χ1n) is 10.1. The number of amides is 2. The van der Waals surface area contributed by atoms with Gasteiger partial charge in [-0.15, -0.1) is 0 Å². The molecule has 2 aliphatic rings. The second-order valence-corrected chi connectivity index (χ2v) is 8.08. The third-order valence-electron chi connectivity index (χ3n) is 5.93. The summed E-state index contributed by atoms with van der Waals surface area (Å²) >= 11 is 0. The van der Waals surface area contributed by atoms with Crippen molar-refractivity contribution in [2.45, 2.75) is 57.9 Å². The van der Waals surface area contributed by atoms with Crippen molar-refractivity contribution in [3.8, 4) is 0 Å². The van der Waals surface area contributed by atoms with Crippen molar-refractivity contribution in [3.05, 3.63) is 35.8 Å². The molecule has 1 aliphatic heterocycles. The van der Waals surface area contributed by atoms with Crippen molar-refractivity contribution in [2.24, 2.45) is 5.92 Å². The number of aromatic nitrogens is 2.